The highest BCUT2D eigenvalue weighted by atomic mass is 35.5. The van der Waals surface area contributed by atoms with Gasteiger partial charge in [-0.2, -0.15) is 0 Å². The molecule has 0 bridgehead atoms. The Hall–Kier alpha value is -1.06. The average Bonchev–Trinajstić information content (AvgIpc) is 2.74. The maximum absolute atomic E-state index is 5.89. The molecule has 0 amide bonds. The Labute approximate surface area is 103 Å². The van der Waals surface area contributed by atoms with Crippen LogP contribution in [0.1, 0.15) is 17.2 Å². The van der Waals surface area contributed by atoms with Gasteiger partial charge in [0.1, 0.15) is 5.03 Å². The Bertz CT molecular complexity index is 513. The number of hydrogen-bond donors (Lipinski definition) is 0. The molecule has 1 aromatic heterocycles. The van der Waals surface area contributed by atoms with E-state index in [0.717, 1.165) is 21.5 Å². The quantitative estimate of drug-likeness (QED) is 0.774. The molecule has 3 rings (SSSR count). The van der Waals surface area contributed by atoms with Crippen molar-refractivity contribution in [1.82, 2.24) is 9.97 Å². The highest BCUT2D eigenvalue weighted by molar-refractivity contribution is 7.99. The van der Waals surface area contributed by atoms with E-state index in [-0.39, 0.29) is 0 Å². The van der Waals surface area contributed by atoms with E-state index in [0.29, 0.717) is 5.92 Å². The second kappa shape index (κ2) is 4.07. The fourth-order valence-corrected chi connectivity index (χ4v) is 3.16. The van der Waals surface area contributed by atoms with Crippen LogP contribution in [-0.2, 0) is 0 Å². The summed E-state index contributed by atoms with van der Waals surface area (Å²) >= 11 is 7.65. The molecule has 0 fully saturated rings. The number of aromatic nitrogens is 2. The highest BCUT2D eigenvalue weighted by Gasteiger charge is 2.26. The van der Waals surface area contributed by atoms with Gasteiger partial charge in [-0.05, 0) is 17.7 Å². The van der Waals surface area contributed by atoms with E-state index in [1.165, 1.54) is 5.56 Å². The van der Waals surface area contributed by atoms with Gasteiger partial charge in [0.2, 0.25) is 0 Å². The van der Waals surface area contributed by atoms with E-state index in [2.05, 4.69) is 22.1 Å². The van der Waals surface area contributed by atoms with Crippen LogP contribution in [0.4, 0.5) is 0 Å². The lowest BCUT2D eigenvalue weighted by Crippen LogP contribution is -2.01. The van der Waals surface area contributed by atoms with Crippen molar-refractivity contribution in [2.45, 2.75) is 10.9 Å². The fourth-order valence-electron chi connectivity index (χ4n) is 1.88. The zero-order valence-corrected chi connectivity index (χ0v) is 10.0. The molecule has 1 atom stereocenters. The fraction of sp³-hybridized carbons (Fsp3) is 0.167. The van der Waals surface area contributed by atoms with Gasteiger partial charge in [0.15, 0.2) is 0 Å². The van der Waals surface area contributed by atoms with Crippen molar-refractivity contribution in [3.05, 3.63) is 52.9 Å². The molecule has 2 heterocycles. The molecule has 80 valence electrons. The van der Waals surface area contributed by atoms with E-state index in [1.54, 1.807) is 24.2 Å². The van der Waals surface area contributed by atoms with Crippen molar-refractivity contribution in [1.29, 1.82) is 0 Å². The largest absolute Gasteiger partial charge is 0.256 e. The molecule has 0 N–H and O–H groups in total. The van der Waals surface area contributed by atoms with Gasteiger partial charge in [-0.1, -0.05) is 23.7 Å². The maximum atomic E-state index is 5.89. The van der Waals surface area contributed by atoms with E-state index in [9.17, 15) is 0 Å². The lowest BCUT2D eigenvalue weighted by molar-refractivity contribution is 0.848. The van der Waals surface area contributed by atoms with Crippen LogP contribution in [-0.4, -0.2) is 15.7 Å². The molecule has 2 nitrogen and oxygen atoms in total. The predicted octanol–water partition coefficient (Wildman–Crippen LogP) is 3.37. The maximum Gasteiger partial charge on any atom is 0.118 e. The second-order valence-electron chi connectivity index (χ2n) is 3.66. The number of benzene rings is 1. The van der Waals surface area contributed by atoms with Crippen LogP contribution in [0.3, 0.4) is 0 Å². The topological polar surface area (TPSA) is 25.8 Å². The van der Waals surface area contributed by atoms with E-state index < -0.39 is 0 Å². The first kappa shape index (κ1) is 10.1. The predicted molar refractivity (Wildman–Crippen MR) is 66.1 cm³/mol. The van der Waals surface area contributed by atoms with Crippen molar-refractivity contribution in [3.8, 4) is 0 Å². The highest BCUT2D eigenvalue weighted by Crippen LogP contribution is 2.40. The molecular weight excluding hydrogens is 240 g/mol. The molecule has 0 radical (unpaired) electrons. The normalized spacial score (nSPS) is 18.4. The molecule has 1 aliphatic heterocycles. The van der Waals surface area contributed by atoms with Gasteiger partial charge in [-0.3, -0.25) is 4.98 Å². The Kier molecular flexibility index (Phi) is 2.58. The number of halogens is 1. The van der Waals surface area contributed by atoms with Crippen LogP contribution in [0.2, 0.25) is 5.02 Å². The van der Waals surface area contributed by atoms with Crippen LogP contribution in [0.5, 0.6) is 0 Å². The lowest BCUT2D eigenvalue weighted by atomic mass is 9.98. The number of nitrogens with zero attached hydrogens (tertiary/aromatic N) is 2. The lowest BCUT2D eigenvalue weighted by Gasteiger charge is -2.09. The molecule has 1 aliphatic rings. The summed E-state index contributed by atoms with van der Waals surface area (Å²) in [5, 5.41) is 1.83. The van der Waals surface area contributed by atoms with Crippen LogP contribution in [0, 0.1) is 0 Å². The molecule has 1 aromatic carbocycles. The number of hydrogen-bond acceptors (Lipinski definition) is 3. The summed E-state index contributed by atoms with van der Waals surface area (Å²) in [7, 11) is 0. The summed E-state index contributed by atoms with van der Waals surface area (Å²) in [5.74, 6) is 1.37. The Morgan fingerprint density at radius 1 is 1.12 bits per heavy atom. The second-order valence-corrected chi connectivity index (χ2v) is 5.11. The van der Waals surface area contributed by atoms with Crippen LogP contribution in [0.25, 0.3) is 0 Å². The average molecular weight is 249 g/mol. The summed E-state index contributed by atoms with van der Waals surface area (Å²) in [6, 6.07) is 7.99. The van der Waals surface area contributed by atoms with Gasteiger partial charge in [-0.25, -0.2) is 4.98 Å². The summed E-state index contributed by atoms with van der Waals surface area (Å²) < 4.78 is 0. The third-order valence-corrected chi connectivity index (χ3v) is 4.02. The molecular formula is C12H9ClN2S. The molecule has 0 spiro atoms. The molecule has 0 saturated carbocycles. The van der Waals surface area contributed by atoms with Gasteiger partial charge >= 0.3 is 0 Å². The first-order valence-electron chi connectivity index (χ1n) is 5.04. The Morgan fingerprint density at radius 2 is 1.88 bits per heavy atom. The van der Waals surface area contributed by atoms with Crippen molar-refractivity contribution in [3.63, 3.8) is 0 Å². The molecule has 2 aromatic rings. The third-order valence-electron chi connectivity index (χ3n) is 2.68. The first-order valence-corrected chi connectivity index (χ1v) is 6.40. The third kappa shape index (κ3) is 1.70. The molecule has 1 unspecified atom stereocenters. The van der Waals surface area contributed by atoms with Crippen molar-refractivity contribution >= 4 is 23.4 Å². The Morgan fingerprint density at radius 3 is 2.69 bits per heavy atom. The van der Waals surface area contributed by atoms with E-state index in [1.807, 2.05) is 12.1 Å². The van der Waals surface area contributed by atoms with Crippen LogP contribution >= 0.6 is 23.4 Å². The minimum absolute atomic E-state index is 0.353. The summed E-state index contributed by atoms with van der Waals surface area (Å²) in [6.45, 7) is 0. The van der Waals surface area contributed by atoms with Crippen LogP contribution in [0.15, 0.2) is 41.7 Å². The summed E-state index contributed by atoms with van der Waals surface area (Å²) in [6.07, 6.45) is 3.50. The van der Waals surface area contributed by atoms with Gasteiger partial charge in [0, 0.05) is 29.1 Å². The summed E-state index contributed by atoms with van der Waals surface area (Å²) in [4.78, 5) is 8.75. The van der Waals surface area contributed by atoms with Gasteiger partial charge < -0.3 is 0 Å². The monoisotopic (exact) mass is 248 g/mol. The smallest absolute Gasteiger partial charge is 0.118 e. The SMILES string of the molecule is Clc1ccc(C2CSc3nccnc32)cc1. The number of fused-ring (bicyclic) bond motifs is 1. The summed E-state index contributed by atoms with van der Waals surface area (Å²) in [5.41, 5.74) is 2.35. The molecule has 0 aliphatic carbocycles. The van der Waals surface area contributed by atoms with Crippen molar-refractivity contribution in [2.24, 2.45) is 0 Å². The molecule has 4 heteroatoms. The minimum Gasteiger partial charge on any atom is -0.256 e. The van der Waals surface area contributed by atoms with E-state index >= 15 is 0 Å². The van der Waals surface area contributed by atoms with Crippen molar-refractivity contribution < 1.29 is 0 Å². The first-order chi connectivity index (χ1) is 7.84. The molecule has 16 heavy (non-hydrogen) atoms. The van der Waals surface area contributed by atoms with Crippen molar-refractivity contribution in [2.75, 3.05) is 5.75 Å². The van der Waals surface area contributed by atoms with Gasteiger partial charge in [-0.15, -0.1) is 11.8 Å². The van der Waals surface area contributed by atoms with E-state index in [4.69, 9.17) is 11.6 Å². The number of thioether (sulfide) groups is 1. The van der Waals surface area contributed by atoms with Gasteiger partial charge in [0.25, 0.3) is 0 Å². The van der Waals surface area contributed by atoms with Crippen LogP contribution < -0.4 is 0 Å². The number of rotatable bonds is 1. The van der Waals surface area contributed by atoms with Gasteiger partial charge in [0.05, 0.1) is 5.69 Å². The zero-order valence-electron chi connectivity index (χ0n) is 8.43. The zero-order chi connectivity index (χ0) is 11.0. The standard InChI is InChI=1S/C12H9ClN2S/c13-9-3-1-8(2-4-9)10-7-16-12-11(10)14-5-6-15-12/h1-6,10H,7H2. The molecule has 0 saturated heterocycles. The Balaban J connectivity index is 2.01. The minimum atomic E-state index is 0.353.